The van der Waals surface area contributed by atoms with Gasteiger partial charge in [0.05, 0.1) is 6.54 Å². The van der Waals surface area contributed by atoms with Crippen molar-refractivity contribution in [3.05, 3.63) is 0 Å². The number of rotatable bonds is 10. The van der Waals surface area contributed by atoms with Crippen molar-refractivity contribution in [2.75, 3.05) is 45.8 Å². The number of nitrogens with two attached hydrogens (primary N) is 1. The van der Waals surface area contributed by atoms with Crippen LogP contribution in [-0.4, -0.2) is 67.6 Å². The number of nitrogens with zero attached hydrogens (tertiary/aromatic N) is 2. The molecule has 3 N–H and O–H groups in total. The Morgan fingerprint density at radius 1 is 1.05 bits per heavy atom. The van der Waals surface area contributed by atoms with Crippen LogP contribution in [0.15, 0.2) is 0 Å². The number of piperazine rings is 1. The van der Waals surface area contributed by atoms with Gasteiger partial charge in [0.15, 0.2) is 0 Å². The van der Waals surface area contributed by atoms with Crippen LogP contribution >= 0.6 is 0 Å². The van der Waals surface area contributed by atoms with Gasteiger partial charge in [-0.2, -0.15) is 0 Å². The van der Waals surface area contributed by atoms with Gasteiger partial charge in [0.2, 0.25) is 5.91 Å². The highest BCUT2D eigenvalue weighted by molar-refractivity contribution is 5.78. The van der Waals surface area contributed by atoms with Gasteiger partial charge in [0, 0.05) is 32.2 Å². The average molecular weight is 298 g/mol. The molecule has 0 aromatic heterocycles. The molecular weight excluding hydrogens is 264 g/mol. The maximum atomic E-state index is 12.0. The summed E-state index contributed by atoms with van der Waals surface area (Å²) >= 11 is 0. The molecule has 0 aliphatic carbocycles. The van der Waals surface area contributed by atoms with Crippen molar-refractivity contribution < 1.29 is 4.79 Å². The van der Waals surface area contributed by atoms with Crippen molar-refractivity contribution in [2.24, 2.45) is 5.73 Å². The molecule has 1 aliphatic rings. The van der Waals surface area contributed by atoms with Crippen LogP contribution in [0, 0.1) is 0 Å². The smallest absolute Gasteiger partial charge is 0.234 e. The topological polar surface area (TPSA) is 61.6 Å². The zero-order valence-corrected chi connectivity index (χ0v) is 13.9. The average Bonchev–Trinajstić information content (AvgIpc) is 2.51. The second-order valence-corrected chi connectivity index (χ2v) is 6.05. The van der Waals surface area contributed by atoms with E-state index in [0.29, 0.717) is 12.6 Å². The third kappa shape index (κ3) is 7.79. The lowest BCUT2D eigenvalue weighted by atomic mass is 10.2. The van der Waals surface area contributed by atoms with Crippen LogP contribution in [0.25, 0.3) is 0 Å². The lowest BCUT2D eigenvalue weighted by molar-refractivity contribution is -0.123. The van der Waals surface area contributed by atoms with E-state index in [2.05, 4.69) is 29.0 Å². The van der Waals surface area contributed by atoms with Crippen molar-refractivity contribution in [1.29, 1.82) is 0 Å². The Kier molecular flexibility index (Phi) is 9.63. The molecule has 5 nitrogen and oxygen atoms in total. The van der Waals surface area contributed by atoms with E-state index < -0.39 is 0 Å². The number of hydrogen-bond acceptors (Lipinski definition) is 4. The summed E-state index contributed by atoms with van der Waals surface area (Å²) in [4.78, 5) is 16.8. The van der Waals surface area contributed by atoms with Gasteiger partial charge in [0.25, 0.3) is 0 Å². The summed E-state index contributed by atoms with van der Waals surface area (Å²) in [6, 6.07) is 0.335. The van der Waals surface area contributed by atoms with E-state index in [1.807, 2.05) is 0 Å². The van der Waals surface area contributed by atoms with Crippen LogP contribution in [-0.2, 0) is 4.79 Å². The molecule has 1 aliphatic heterocycles. The number of carbonyl (C=O) groups excluding carboxylic acids is 1. The summed E-state index contributed by atoms with van der Waals surface area (Å²) in [5, 5.41) is 3.12. The Balaban J connectivity index is 2.13. The molecule has 0 atom stereocenters. The molecule has 0 aromatic carbocycles. The molecule has 0 aromatic rings. The lowest BCUT2D eigenvalue weighted by Gasteiger charge is -2.34. The van der Waals surface area contributed by atoms with Gasteiger partial charge in [-0.1, -0.05) is 20.3 Å². The molecule has 0 saturated carbocycles. The van der Waals surface area contributed by atoms with Crippen molar-refractivity contribution in [2.45, 2.75) is 52.0 Å². The predicted octanol–water partition coefficient (Wildman–Crippen LogP) is 1.04. The maximum absolute atomic E-state index is 12.0. The zero-order chi connectivity index (χ0) is 15.5. The summed E-state index contributed by atoms with van der Waals surface area (Å²) < 4.78 is 0. The number of nitrogens with one attached hydrogen (secondary N) is 1. The van der Waals surface area contributed by atoms with E-state index in [-0.39, 0.29) is 5.91 Å². The van der Waals surface area contributed by atoms with E-state index in [0.717, 1.165) is 52.0 Å². The van der Waals surface area contributed by atoms with E-state index in [4.69, 9.17) is 5.73 Å². The highest BCUT2D eigenvalue weighted by Gasteiger charge is 2.19. The second-order valence-electron chi connectivity index (χ2n) is 6.05. The zero-order valence-electron chi connectivity index (χ0n) is 13.9. The first-order chi connectivity index (χ1) is 10.2. The molecule has 124 valence electrons. The Bertz CT molecular complexity index is 273. The van der Waals surface area contributed by atoms with Gasteiger partial charge in [-0.3, -0.25) is 9.69 Å². The lowest BCUT2D eigenvalue weighted by Crippen LogP contribution is -2.50. The van der Waals surface area contributed by atoms with Crippen molar-refractivity contribution in [1.82, 2.24) is 15.1 Å². The molecule has 5 heteroatoms. The Hall–Kier alpha value is -0.650. The Labute approximate surface area is 130 Å². The molecular formula is C16H34N4O. The second kappa shape index (κ2) is 11.0. The predicted molar refractivity (Wildman–Crippen MR) is 88.3 cm³/mol. The first-order valence-corrected chi connectivity index (χ1v) is 8.63. The Morgan fingerprint density at radius 3 is 2.24 bits per heavy atom. The van der Waals surface area contributed by atoms with Crippen LogP contribution in [0.3, 0.4) is 0 Å². The van der Waals surface area contributed by atoms with Crippen LogP contribution in [0.1, 0.15) is 46.0 Å². The molecule has 1 fully saturated rings. The largest absolute Gasteiger partial charge is 0.352 e. The fourth-order valence-corrected chi connectivity index (χ4v) is 2.80. The third-order valence-corrected chi connectivity index (χ3v) is 4.36. The van der Waals surface area contributed by atoms with Gasteiger partial charge in [-0.15, -0.1) is 0 Å². The highest BCUT2D eigenvalue weighted by Crippen LogP contribution is 2.05. The molecule has 1 saturated heterocycles. The minimum Gasteiger partial charge on any atom is -0.352 e. The SMILES string of the molecule is CCC(CC)NC(=O)CN1CCN(CCCCCN)CC1. The fraction of sp³-hybridized carbons (Fsp3) is 0.938. The van der Waals surface area contributed by atoms with Crippen molar-refractivity contribution in [3.8, 4) is 0 Å². The minimum atomic E-state index is 0.181. The van der Waals surface area contributed by atoms with Gasteiger partial charge in [0.1, 0.15) is 0 Å². The molecule has 0 unspecified atom stereocenters. The van der Waals surface area contributed by atoms with Crippen molar-refractivity contribution >= 4 is 5.91 Å². The maximum Gasteiger partial charge on any atom is 0.234 e. The fourth-order valence-electron chi connectivity index (χ4n) is 2.80. The quantitative estimate of drug-likeness (QED) is 0.592. The highest BCUT2D eigenvalue weighted by atomic mass is 16.2. The summed E-state index contributed by atoms with van der Waals surface area (Å²) in [5.74, 6) is 0.181. The molecule has 1 amide bonds. The van der Waals surface area contributed by atoms with Crippen LogP contribution in [0.5, 0.6) is 0 Å². The summed E-state index contributed by atoms with van der Waals surface area (Å²) in [6.45, 7) is 11.0. The van der Waals surface area contributed by atoms with E-state index in [1.54, 1.807) is 0 Å². The minimum absolute atomic E-state index is 0.181. The summed E-state index contributed by atoms with van der Waals surface area (Å²) in [7, 11) is 0. The summed E-state index contributed by atoms with van der Waals surface area (Å²) in [5.41, 5.74) is 5.51. The molecule has 0 bridgehead atoms. The normalized spacial score (nSPS) is 17.3. The summed E-state index contributed by atoms with van der Waals surface area (Å²) in [6.07, 6.45) is 5.63. The van der Waals surface area contributed by atoms with Gasteiger partial charge >= 0.3 is 0 Å². The van der Waals surface area contributed by atoms with Crippen LogP contribution in [0.4, 0.5) is 0 Å². The molecule has 1 rings (SSSR count). The van der Waals surface area contributed by atoms with Gasteiger partial charge in [-0.25, -0.2) is 0 Å². The first kappa shape index (κ1) is 18.4. The molecule has 1 heterocycles. The standard InChI is InChI=1S/C16H34N4O/c1-3-15(4-2)18-16(21)14-20-12-10-19(11-13-20)9-7-5-6-8-17/h15H,3-14,17H2,1-2H3,(H,18,21). The number of carbonyl (C=O) groups is 1. The first-order valence-electron chi connectivity index (χ1n) is 8.63. The van der Waals surface area contributed by atoms with Crippen LogP contribution in [0.2, 0.25) is 0 Å². The number of unbranched alkanes of at least 4 members (excludes halogenated alkanes) is 2. The van der Waals surface area contributed by atoms with E-state index in [9.17, 15) is 4.79 Å². The Morgan fingerprint density at radius 2 is 1.67 bits per heavy atom. The molecule has 0 radical (unpaired) electrons. The molecule has 0 spiro atoms. The number of hydrogen-bond donors (Lipinski definition) is 2. The monoisotopic (exact) mass is 298 g/mol. The van der Waals surface area contributed by atoms with E-state index in [1.165, 1.54) is 19.4 Å². The number of amides is 1. The van der Waals surface area contributed by atoms with Gasteiger partial charge < -0.3 is 16.0 Å². The molecule has 21 heavy (non-hydrogen) atoms. The van der Waals surface area contributed by atoms with Gasteiger partial charge in [-0.05, 0) is 38.8 Å². The van der Waals surface area contributed by atoms with Crippen LogP contribution < -0.4 is 11.1 Å². The third-order valence-electron chi connectivity index (χ3n) is 4.36. The van der Waals surface area contributed by atoms with Crippen molar-refractivity contribution in [3.63, 3.8) is 0 Å². The van der Waals surface area contributed by atoms with E-state index >= 15 is 0 Å².